The molecule has 0 bridgehead atoms. The average Bonchev–Trinajstić information content (AvgIpc) is 3.08. The van der Waals surface area contributed by atoms with E-state index in [9.17, 15) is 15.2 Å². The van der Waals surface area contributed by atoms with E-state index in [0.717, 1.165) is 11.3 Å². The second kappa shape index (κ2) is 9.72. The van der Waals surface area contributed by atoms with Gasteiger partial charge in [-0.15, -0.1) is 0 Å². The Bertz CT molecular complexity index is 993. The number of alkyl carbamates (subject to hydrolysis) is 1. The van der Waals surface area contributed by atoms with Gasteiger partial charge in [0.15, 0.2) is 8.32 Å². The number of carbonyl (C=O) groups is 1. The number of nitriles is 1. The van der Waals surface area contributed by atoms with E-state index >= 15 is 0 Å². The number of anilines is 1. The minimum absolute atomic E-state index is 0.0242. The first-order valence-electron chi connectivity index (χ1n) is 12.6. The predicted molar refractivity (Wildman–Crippen MR) is 139 cm³/mol. The molecular formula is C26H42N4O4Si. The van der Waals surface area contributed by atoms with Gasteiger partial charge in [0.25, 0.3) is 0 Å². The fourth-order valence-corrected chi connectivity index (χ4v) is 6.13. The van der Waals surface area contributed by atoms with Gasteiger partial charge in [-0.05, 0) is 51.7 Å². The van der Waals surface area contributed by atoms with Crippen LogP contribution in [0.25, 0.3) is 0 Å². The van der Waals surface area contributed by atoms with Crippen molar-refractivity contribution in [3.05, 3.63) is 23.0 Å². The highest BCUT2D eigenvalue weighted by molar-refractivity contribution is 6.74. The molecule has 194 valence electrons. The maximum absolute atomic E-state index is 12.8. The second-order valence-corrected chi connectivity index (χ2v) is 17.3. The Kier molecular flexibility index (Phi) is 7.62. The monoisotopic (exact) mass is 502 g/mol. The van der Waals surface area contributed by atoms with Crippen LogP contribution in [0.5, 0.6) is 0 Å². The smallest absolute Gasteiger partial charge is 0.408 e. The van der Waals surface area contributed by atoms with Crippen molar-refractivity contribution in [2.75, 3.05) is 18.0 Å². The Morgan fingerprint density at radius 1 is 1.26 bits per heavy atom. The molecule has 8 nitrogen and oxygen atoms in total. The summed E-state index contributed by atoms with van der Waals surface area (Å²) in [5.41, 5.74) is 2.29. The first-order chi connectivity index (χ1) is 16.0. The molecule has 1 fully saturated rings. The fourth-order valence-electron chi connectivity index (χ4n) is 4.70. The lowest BCUT2D eigenvalue weighted by Crippen LogP contribution is -2.63. The van der Waals surface area contributed by atoms with Crippen LogP contribution in [-0.4, -0.2) is 55.3 Å². The number of carbonyl (C=O) groups excluding carboxylic acids is 1. The number of amides is 1. The van der Waals surface area contributed by atoms with Crippen LogP contribution in [-0.2, 0) is 15.6 Å². The first-order valence-corrected chi connectivity index (χ1v) is 15.5. The number of hydrogen-bond donors (Lipinski definition) is 2. The SMILES string of the molecule is C[C@H]1CN(c2c(C#N)cnc3c2CC[C@H]3O)C[C@@H](NC(=O)OC(C)(C)C)[C@@H]1O[Si](C)(C)C(C)(C)C. The molecule has 1 aliphatic carbocycles. The summed E-state index contributed by atoms with van der Waals surface area (Å²) in [6.45, 7) is 19.9. The third-order valence-corrected chi connectivity index (χ3v) is 11.9. The molecule has 1 amide bonds. The number of aromatic nitrogens is 1. The molecule has 1 saturated heterocycles. The maximum atomic E-state index is 12.8. The van der Waals surface area contributed by atoms with Crippen LogP contribution in [0.2, 0.25) is 18.1 Å². The number of aliphatic hydroxyl groups is 1. The van der Waals surface area contributed by atoms with Gasteiger partial charge in [0.2, 0.25) is 0 Å². The first kappa shape index (κ1) is 27.4. The van der Waals surface area contributed by atoms with E-state index in [0.29, 0.717) is 37.2 Å². The molecule has 1 aliphatic heterocycles. The average molecular weight is 503 g/mol. The van der Waals surface area contributed by atoms with E-state index in [1.54, 1.807) is 6.20 Å². The zero-order valence-corrected chi connectivity index (χ0v) is 23.7. The number of rotatable bonds is 4. The van der Waals surface area contributed by atoms with Gasteiger partial charge >= 0.3 is 6.09 Å². The summed E-state index contributed by atoms with van der Waals surface area (Å²) in [5.74, 6) is 0.0829. The normalized spacial score (nSPS) is 25.1. The summed E-state index contributed by atoms with van der Waals surface area (Å²) in [6.07, 6.45) is 1.56. The Morgan fingerprint density at radius 3 is 2.49 bits per heavy atom. The summed E-state index contributed by atoms with van der Waals surface area (Å²) in [4.78, 5) is 19.4. The number of nitrogens with one attached hydrogen (secondary N) is 1. The van der Waals surface area contributed by atoms with Crippen molar-refractivity contribution in [2.45, 2.75) is 103 Å². The van der Waals surface area contributed by atoms with Gasteiger partial charge in [-0.25, -0.2) is 4.79 Å². The highest BCUT2D eigenvalue weighted by atomic mass is 28.4. The van der Waals surface area contributed by atoms with Crippen molar-refractivity contribution in [1.29, 1.82) is 5.26 Å². The van der Waals surface area contributed by atoms with E-state index in [1.807, 2.05) is 20.8 Å². The van der Waals surface area contributed by atoms with Gasteiger partial charge < -0.3 is 24.5 Å². The number of piperidine rings is 1. The number of nitrogens with zero attached hydrogens (tertiary/aromatic N) is 3. The molecule has 9 heteroatoms. The Labute approximate surface area is 211 Å². The van der Waals surface area contributed by atoms with E-state index in [1.165, 1.54) is 0 Å². The number of fused-ring (bicyclic) bond motifs is 1. The van der Waals surface area contributed by atoms with E-state index in [2.05, 4.69) is 62.1 Å². The van der Waals surface area contributed by atoms with Gasteiger partial charge in [0.1, 0.15) is 11.7 Å². The molecule has 0 unspecified atom stereocenters. The van der Waals surface area contributed by atoms with E-state index in [-0.39, 0.29) is 23.1 Å². The molecule has 0 radical (unpaired) electrons. The molecule has 2 heterocycles. The van der Waals surface area contributed by atoms with Crippen molar-refractivity contribution in [3.63, 3.8) is 0 Å². The fraction of sp³-hybridized carbons (Fsp3) is 0.731. The third kappa shape index (κ3) is 5.99. The largest absolute Gasteiger partial charge is 0.444 e. The highest BCUT2D eigenvalue weighted by Crippen LogP contribution is 2.42. The van der Waals surface area contributed by atoms with Gasteiger partial charge in [-0.2, -0.15) is 5.26 Å². The van der Waals surface area contributed by atoms with Crippen LogP contribution in [0.3, 0.4) is 0 Å². The van der Waals surface area contributed by atoms with Gasteiger partial charge in [-0.3, -0.25) is 4.98 Å². The van der Waals surface area contributed by atoms with Crippen LogP contribution >= 0.6 is 0 Å². The van der Waals surface area contributed by atoms with Gasteiger partial charge in [-0.1, -0.05) is 27.7 Å². The minimum Gasteiger partial charge on any atom is -0.444 e. The van der Waals surface area contributed by atoms with Crippen LogP contribution in [0, 0.1) is 17.2 Å². The molecular weight excluding hydrogens is 460 g/mol. The van der Waals surface area contributed by atoms with Gasteiger partial charge in [0, 0.05) is 30.8 Å². The molecule has 0 aromatic carbocycles. The molecule has 35 heavy (non-hydrogen) atoms. The van der Waals surface area contributed by atoms with Crippen molar-refractivity contribution in [2.24, 2.45) is 5.92 Å². The Morgan fingerprint density at radius 2 is 1.91 bits per heavy atom. The van der Waals surface area contributed by atoms with Crippen molar-refractivity contribution in [3.8, 4) is 6.07 Å². The lowest BCUT2D eigenvalue weighted by Gasteiger charge is -2.49. The summed E-state index contributed by atoms with van der Waals surface area (Å²) >= 11 is 0. The molecule has 0 saturated carbocycles. The number of aliphatic hydroxyl groups excluding tert-OH is 1. The van der Waals surface area contributed by atoms with Crippen molar-refractivity contribution in [1.82, 2.24) is 10.3 Å². The molecule has 1 aromatic heterocycles. The maximum Gasteiger partial charge on any atom is 0.408 e. The Balaban J connectivity index is 1.97. The molecule has 2 aliphatic rings. The third-order valence-electron chi connectivity index (χ3n) is 7.42. The molecule has 2 N–H and O–H groups in total. The number of hydrogen-bond acceptors (Lipinski definition) is 7. The second-order valence-electron chi connectivity index (χ2n) is 12.5. The van der Waals surface area contributed by atoms with Crippen LogP contribution in [0.1, 0.15) is 77.8 Å². The highest BCUT2D eigenvalue weighted by Gasteiger charge is 2.46. The Hall–Kier alpha value is -2.15. The standard InChI is InChI=1S/C26H42N4O4Si/c1-16-14-30(22-17(12-27)13-28-21-18(22)10-11-20(21)31)15-19(29-24(32)33-25(2,3)4)23(16)34-35(8,9)26(5,6)7/h13,16,19-20,23,31H,10-11,14-15H2,1-9H3,(H,29,32)/t16-,19+,20+,23+/m0/s1. The zero-order chi connectivity index (χ0) is 26.3. The summed E-state index contributed by atoms with van der Waals surface area (Å²) < 4.78 is 12.5. The summed E-state index contributed by atoms with van der Waals surface area (Å²) in [7, 11) is -2.12. The lowest BCUT2D eigenvalue weighted by atomic mass is 9.91. The minimum atomic E-state index is -2.12. The zero-order valence-electron chi connectivity index (χ0n) is 22.7. The summed E-state index contributed by atoms with van der Waals surface area (Å²) in [6, 6.07) is 1.96. The van der Waals surface area contributed by atoms with Crippen molar-refractivity contribution < 1.29 is 19.1 Å². The van der Waals surface area contributed by atoms with E-state index in [4.69, 9.17) is 9.16 Å². The number of pyridine rings is 1. The van der Waals surface area contributed by atoms with Crippen LogP contribution in [0.15, 0.2) is 6.20 Å². The number of ether oxygens (including phenoxy) is 1. The van der Waals surface area contributed by atoms with Gasteiger partial charge in [0.05, 0.1) is 35.2 Å². The molecule has 0 spiro atoms. The quantitative estimate of drug-likeness (QED) is 0.576. The molecule has 3 rings (SSSR count). The molecule has 4 atom stereocenters. The molecule has 1 aromatic rings. The summed E-state index contributed by atoms with van der Waals surface area (Å²) in [5, 5.41) is 23.4. The predicted octanol–water partition coefficient (Wildman–Crippen LogP) is 4.67. The lowest BCUT2D eigenvalue weighted by molar-refractivity contribution is 0.0336. The van der Waals surface area contributed by atoms with Crippen LogP contribution in [0.4, 0.5) is 10.5 Å². The van der Waals surface area contributed by atoms with Crippen LogP contribution < -0.4 is 10.2 Å². The topological polar surface area (TPSA) is 108 Å². The van der Waals surface area contributed by atoms with Crippen molar-refractivity contribution >= 4 is 20.1 Å². The van der Waals surface area contributed by atoms with E-state index < -0.39 is 26.1 Å².